The highest BCUT2D eigenvalue weighted by Crippen LogP contribution is 2.28. The monoisotopic (exact) mass is 344 g/mol. The lowest BCUT2D eigenvalue weighted by Gasteiger charge is -2.15. The number of fused-ring (bicyclic) bond motifs is 3. The zero-order valence-electron chi connectivity index (χ0n) is 15.0. The van der Waals surface area contributed by atoms with Crippen LogP contribution in [0.5, 0.6) is 0 Å². The minimum absolute atomic E-state index is 0.445. The van der Waals surface area contributed by atoms with E-state index < -0.39 is 6.10 Å². The molecule has 4 aromatic rings. The van der Waals surface area contributed by atoms with Crippen LogP contribution in [0.1, 0.15) is 11.1 Å². The number of para-hydroxylation sites is 2. The molecule has 4 rings (SSSR count). The Morgan fingerprint density at radius 2 is 1.54 bits per heavy atom. The lowest BCUT2D eigenvalue weighted by molar-refractivity contribution is 0.154. The third-order valence-corrected chi connectivity index (χ3v) is 4.86. The van der Waals surface area contributed by atoms with E-state index in [1.807, 2.05) is 0 Å². The number of aliphatic hydroxyl groups is 1. The first-order valence-electron chi connectivity index (χ1n) is 9.12. The van der Waals surface area contributed by atoms with Gasteiger partial charge in [0.1, 0.15) is 0 Å². The van der Waals surface area contributed by atoms with Crippen molar-refractivity contribution in [2.24, 2.45) is 0 Å². The molecule has 1 unspecified atom stereocenters. The Hall–Kier alpha value is -2.62. The van der Waals surface area contributed by atoms with Gasteiger partial charge >= 0.3 is 0 Å². The Morgan fingerprint density at radius 3 is 2.19 bits per heavy atom. The van der Waals surface area contributed by atoms with E-state index in [0.29, 0.717) is 13.1 Å². The first kappa shape index (κ1) is 16.8. The summed E-state index contributed by atoms with van der Waals surface area (Å²) in [5, 5.41) is 16.4. The molecule has 0 aliphatic rings. The molecule has 0 saturated carbocycles. The zero-order valence-corrected chi connectivity index (χ0v) is 15.0. The number of nitrogens with one attached hydrogen (secondary N) is 1. The predicted molar refractivity (Wildman–Crippen MR) is 108 cm³/mol. The second-order valence-corrected chi connectivity index (χ2v) is 6.92. The van der Waals surface area contributed by atoms with Gasteiger partial charge in [-0.2, -0.15) is 0 Å². The van der Waals surface area contributed by atoms with Crippen molar-refractivity contribution < 1.29 is 5.11 Å². The maximum Gasteiger partial charge on any atom is 0.0843 e. The van der Waals surface area contributed by atoms with Crippen LogP contribution in [0.25, 0.3) is 21.8 Å². The summed E-state index contributed by atoms with van der Waals surface area (Å²) >= 11 is 0. The molecule has 132 valence electrons. The molecule has 0 radical (unpaired) electrons. The minimum Gasteiger partial charge on any atom is -0.390 e. The van der Waals surface area contributed by atoms with Crippen LogP contribution in [0.2, 0.25) is 0 Å². The van der Waals surface area contributed by atoms with Gasteiger partial charge in [-0.05, 0) is 24.6 Å². The van der Waals surface area contributed by atoms with Crippen LogP contribution in [0.15, 0.2) is 72.8 Å². The van der Waals surface area contributed by atoms with Crippen molar-refractivity contribution in [1.82, 2.24) is 9.88 Å². The van der Waals surface area contributed by atoms with Crippen LogP contribution in [-0.4, -0.2) is 22.3 Å². The van der Waals surface area contributed by atoms with E-state index in [9.17, 15) is 5.11 Å². The smallest absolute Gasteiger partial charge is 0.0843 e. The van der Waals surface area contributed by atoms with Crippen LogP contribution in [0, 0.1) is 6.92 Å². The van der Waals surface area contributed by atoms with Crippen molar-refractivity contribution in [3.63, 3.8) is 0 Å². The number of aryl methyl sites for hydroxylation is 1. The summed E-state index contributed by atoms with van der Waals surface area (Å²) in [6.07, 6.45) is -0.445. The minimum atomic E-state index is -0.445. The van der Waals surface area contributed by atoms with E-state index in [2.05, 4.69) is 89.6 Å². The van der Waals surface area contributed by atoms with Crippen molar-refractivity contribution in [1.29, 1.82) is 0 Å². The first-order valence-corrected chi connectivity index (χ1v) is 9.12. The maximum absolute atomic E-state index is 10.6. The Bertz CT molecular complexity index is 981. The Balaban J connectivity index is 1.49. The molecular formula is C23H24N2O. The Labute approximate surface area is 153 Å². The van der Waals surface area contributed by atoms with E-state index in [0.717, 1.165) is 6.54 Å². The van der Waals surface area contributed by atoms with Crippen molar-refractivity contribution in [2.45, 2.75) is 26.1 Å². The molecular weight excluding hydrogens is 320 g/mol. The molecule has 0 aliphatic heterocycles. The SMILES string of the molecule is Cc1cccc(CNCC(O)Cn2c3ccccc3c3ccccc32)c1. The summed E-state index contributed by atoms with van der Waals surface area (Å²) in [7, 11) is 0. The average molecular weight is 344 g/mol. The van der Waals surface area contributed by atoms with Gasteiger partial charge in [0.2, 0.25) is 0 Å². The van der Waals surface area contributed by atoms with Gasteiger partial charge < -0.3 is 15.0 Å². The van der Waals surface area contributed by atoms with Gasteiger partial charge in [0.05, 0.1) is 12.6 Å². The van der Waals surface area contributed by atoms with Crippen LogP contribution >= 0.6 is 0 Å². The molecule has 3 heteroatoms. The molecule has 1 heterocycles. The van der Waals surface area contributed by atoms with Gasteiger partial charge in [-0.25, -0.2) is 0 Å². The average Bonchev–Trinajstić information content (AvgIpc) is 2.96. The normalized spacial score (nSPS) is 12.7. The van der Waals surface area contributed by atoms with Gasteiger partial charge in [-0.15, -0.1) is 0 Å². The fraction of sp³-hybridized carbons (Fsp3) is 0.217. The number of aromatic nitrogens is 1. The number of aliphatic hydroxyl groups excluding tert-OH is 1. The molecule has 0 saturated heterocycles. The van der Waals surface area contributed by atoms with Crippen molar-refractivity contribution in [2.75, 3.05) is 6.54 Å². The number of hydrogen-bond donors (Lipinski definition) is 2. The molecule has 1 atom stereocenters. The molecule has 1 aromatic heterocycles. The van der Waals surface area contributed by atoms with Gasteiger partial charge in [-0.1, -0.05) is 66.2 Å². The topological polar surface area (TPSA) is 37.2 Å². The van der Waals surface area contributed by atoms with E-state index in [4.69, 9.17) is 0 Å². The van der Waals surface area contributed by atoms with Gasteiger partial charge in [0.25, 0.3) is 0 Å². The molecule has 0 aliphatic carbocycles. The van der Waals surface area contributed by atoms with Gasteiger partial charge in [0.15, 0.2) is 0 Å². The van der Waals surface area contributed by atoms with Crippen LogP contribution < -0.4 is 5.32 Å². The zero-order chi connectivity index (χ0) is 17.9. The van der Waals surface area contributed by atoms with E-state index in [1.54, 1.807) is 0 Å². The summed E-state index contributed by atoms with van der Waals surface area (Å²) < 4.78 is 2.23. The lowest BCUT2D eigenvalue weighted by Crippen LogP contribution is -2.30. The highest BCUT2D eigenvalue weighted by molar-refractivity contribution is 6.07. The van der Waals surface area contributed by atoms with Crippen molar-refractivity contribution in [3.8, 4) is 0 Å². The number of benzene rings is 3. The fourth-order valence-corrected chi connectivity index (χ4v) is 3.68. The van der Waals surface area contributed by atoms with Gasteiger partial charge in [-0.3, -0.25) is 0 Å². The van der Waals surface area contributed by atoms with Crippen molar-refractivity contribution in [3.05, 3.63) is 83.9 Å². The molecule has 0 spiro atoms. The lowest BCUT2D eigenvalue weighted by atomic mass is 10.1. The number of rotatable bonds is 6. The standard InChI is InChI=1S/C23H24N2O/c1-17-7-6-8-18(13-17)14-24-15-19(26)16-25-22-11-4-2-9-20(22)21-10-3-5-12-23(21)25/h2-13,19,24,26H,14-16H2,1H3. The quantitative estimate of drug-likeness (QED) is 0.548. The predicted octanol–water partition coefficient (Wildman–Crippen LogP) is 4.25. The Kier molecular flexibility index (Phi) is 4.74. The largest absolute Gasteiger partial charge is 0.390 e. The summed E-state index contributed by atoms with van der Waals surface area (Å²) in [6, 6.07) is 25.3. The molecule has 3 aromatic carbocycles. The first-order chi connectivity index (χ1) is 12.7. The van der Waals surface area contributed by atoms with E-state index >= 15 is 0 Å². The molecule has 2 N–H and O–H groups in total. The summed E-state index contributed by atoms with van der Waals surface area (Å²) in [4.78, 5) is 0. The van der Waals surface area contributed by atoms with Gasteiger partial charge in [0, 0.05) is 34.9 Å². The fourth-order valence-electron chi connectivity index (χ4n) is 3.68. The summed E-state index contributed by atoms with van der Waals surface area (Å²) in [5.41, 5.74) is 4.85. The highest BCUT2D eigenvalue weighted by atomic mass is 16.3. The van der Waals surface area contributed by atoms with Crippen LogP contribution in [-0.2, 0) is 13.1 Å². The second kappa shape index (κ2) is 7.32. The second-order valence-electron chi connectivity index (χ2n) is 6.92. The van der Waals surface area contributed by atoms with Crippen molar-refractivity contribution >= 4 is 21.8 Å². The number of nitrogens with zero attached hydrogens (tertiary/aromatic N) is 1. The molecule has 0 bridgehead atoms. The third-order valence-electron chi connectivity index (χ3n) is 4.86. The Morgan fingerprint density at radius 1 is 0.885 bits per heavy atom. The molecule has 3 nitrogen and oxygen atoms in total. The summed E-state index contributed by atoms with van der Waals surface area (Å²) in [5.74, 6) is 0. The molecule has 0 amide bonds. The van der Waals surface area contributed by atoms with E-state index in [1.165, 1.54) is 32.9 Å². The van der Waals surface area contributed by atoms with Crippen LogP contribution in [0.4, 0.5) is 0 Å². The summed E-state index contributed by atoms with van der Waals surface area (Å²) in [6.45, 7) is 4.01. The number of hydrogen-bond acceptors (Lipinski definition) is 2. The highest BCUT2D eigenvalue weighted by Gasteiger charge is 2.13. The maximum atomic E-state index is 10.6. The van der Waals surface area contributed by atoms with Crippen LogP contribution in [0.3, 0.4) is 0 Å². The molecule has 26 heavy (non-hydrogen) atoms. The van der Waals surface area contributed by atoms with E-state index in [-0.39, 0.29) is 0 Å². The third kappa shape index (κ3) is 3.36. The molecule has 0 fully saturated rings.